The first-order valence-corrected chi connectivity index (χ1v) is 5.27. The molecule has 0 aromatic carbocycles. The lowest BCUT2D eigenvalue weighted by atomic mass is 10.3. The number of nitrogens with zero attached hydrogens (tertiary/aromatic N) is 3. The zero-order valence-corrected chi connectivity index (χ0v) is 9.58. The van der Waals surface area contributed by atoms with Gasteiger partial charge in [0.05, 0.1) is 5.84 Å². The molecule has 1 N–H and O–H groups in total. The number of hydrogen-bond acceptors (Lipinski definition) is 3. The second-order valence-corrected chi connectivity index (χ2v) is 4.22. The first-order valence-electron chi connectivity index (χ1n) is 5.27. The van der Waals surface area contributed by atoms with Crippen molar-refractivity contribution in [2.75, 3.05) is 53.4 Å². The Labute approximate surface area is 87.0 Å². The quantitative estimate of drug-likeness (QED) is 0.518. The van der Waals surface area contributed by atoms with Crippen LogP contribution in [0.5, 0.6) is 0 Å². The van der Waals surface area contributed by atoms with Gasteiger partial charge >= 0.3 is 0 Å². The molecule has 0 amide bonds. The molecule has 1 aliphatic heterocycles. The molecule has 0 unspecified atom stereocenters. The van der Waals surface area contributed by atoms with Crippen LogP contribution in [0.4, 0.5) is 0 Å². The molecule has 1 rings (SSSR count). The molecular weight excluding hydrogens is 176 g/mol. The van der Waals surface area contributed by atoms with E-state index in [1.807, 2.05) is 6.92 Å². The Morgan fingerprint density at radius 2 is 1.79 bits per heavy atom. The minimum Gasteiger partial charge on any atom is -0.358 e. The van der Waals surface area contributed by atoms with E-state index in [9.17, 15) is 0 Å². The Kier molecular flexibility index (Phi) is 4.35. The molecule has 0 aromatic heterocycles. The zero-order valence-electron chi connectivity index (χ0n) is 9.58. The van der Waals surface area contributed by atoms with Crippen molar-refractivity contribution in [3.8, 4) is 0 Å². The van der Waals surface area contributed by atoms with Crippen molar-refractivity contribution in [1.82, 2.24) is 14.7 Å². The van der Waals surface area contributed by atoms with Crippen LogP contribution in [-0.4, -0.2) is 73.9 Å². The van der Waals surface area contributed by atoms with E-state index in [-0.39, 0.29) is 0 Å². The van der Waals surface area contributed by atoms with Gasteiger partial charge in [-0.2, -0.15) is 0 Å². The fraction of sp³-hybridized carbons (Fsp3) is 0.900. The van der Waals surface area contributed by atoms with E-state index in [2.05, 4.69) is 28.8 Å². The molecule has 4 heteroatoms. The zero-order chi connectivity index (χ0) is 10.6. The lowest BCUT2D eigenvalue weighted by Crippen LogP contribution is -2.49. The maximum atomic E-state index is 7.52. The van der Waals surface area contributed by atoms with Crippen molar-refractivity contribution in [2.24, 2.45) is 0 Å². The Morgan fingerprint density at radius 3 is 2.21 bits per heavy atom. The van der Waals surface area contributed by atoms with Crippen LogP contribution in [0.15, 0.2) is 0 Å². The molecule has 0 bridgehead atoms. The van der Waals surface area contributed by atoms with E-state index < -0.39 is 0 Å². The summed E-state index contributed by atoms with van der Waals surface area (Å²) in [7, 11) is 4.22. The fourth-order valence-electron chi connectivity index (χ4n) is 1.65. The van der Waals surface area contributed by atoms with Crippen molar-refractivity contribution in [1.29, 1.82) is 5.41 Å². The smallest absolute Gasteiger partial charge is 0.0926 e. The molecule has 0 radical (unpaired) electrons. The summed E-state index contributed by atoms with van der Waals surface area (Å²) in [6, 6.07) is 0. The van der Waals surface area contributed by atoms with Gasteiger partial charge < -0.3 is 9.80 Å². The van der Waals surface area contributed by atoms with Gasteiger partial charge in [0.2, 0.25) is 0 Å². The molecule has 0 spiro atoms. The largest absolute Gasteiger partial charge is 0.358 e. The Bertz CT molecular complexity index is 183. The monoisotopic (exact) mass is 198 g/mol. The number of likely N-dealkylation sites (N-methyl/N-ethyl adjacent to an activating group) is 1. The molecule has 82 valence electrons. The van der Waals surface area contributed by atoms with Gasteiger partial charge in [0.15, 0.2) is 0 Å². The molecular formula is C10H22N4. The van der Waals surface area contributed by atoms with Crippen LogP contribution in [0.25, 0.3) is 0 Å². The summed E-state index contributed by atoms with van der Waals surface area (Å²) >= 11 is 0. The highest BCUT2D eigenvalue weighted by Crippen LogP contribution is 2.01. The van der Waals surface area contributed by atoms with E-state index in [0.29, 0.717) is 5.84 Å². The average Bonchev–Trinajstić information content (AvgIpc) is 2.15. The molecule has 1 saturated heterocycles. The van der Waals surface area contributed by atoms with E-state index in [0.717, 1.165) is 39.3 Å². The van der Waals surface area contributed by atoms with Crippen molar-refractivity contribution in [2.45, 2.75) is 6.92 Å². The van der Waals surface area contributed by atoms with Gasteiger partial charge in [-0.1, -0.05) is 0 Å². The Morgan fingerprint density at radius 1 is 1.21 bits per heavy atom. The van der Waals surface area contributed by atoms with Crippen molar-refractivity contribution in [3.05, 3.63) is 0 Å². The standard InChI is InChI=1S/C10H22N4/c1-10(11)14-8-6-13(7-9-14)5-4-12(2)3/h11H,4-9H2,1-3H3. The number of hydrogen-bond donors (Lipinski definition) is 1. The Hall–Kier alpha value is -0.610. The van der Waals surface area contributed by atoms with Gasteiger partial charge in [0.1, 0.15) is 0 Å². The molecule has 0 aromatic rings. The molecule has 1 aliphatic rings. The molecule has 0 saturated carbocycles. The molecule has 1 fully saturated rings. The minimum atomic E-state index is 0.706. The van der Waals surface area contributed by atoms with Crippen LogP contribution in [0, 0.1) is 5.41 Å². The third-order valence-corrected chi connectivity index (χ3v) is 2.71. The molecule has 0 aliphatic carbocycles. The highest BCUT2D eigenvalue weighted by molar-refractivity contribution is 5.76. The first-order chi connectivity index (χ1) is 6.59. The van der Waals surface area contributed by atoms with Crippen molar-refractivity contribution >= 4 is 5.84 Å². The highest BCUT2D eigenvalue weighted by Gasteiger charge is 2.16. The average molecular weight is 198 g/mol. The van der Waals surface area contributed by atoms with Crippen LogP contribution in [0.1, 0.15) is 6.92 Å². The minimum absolute atomic E-state index is 0.706. The summed E-state index contributed by atoms with van der Waals surface area (Å²) in [5.41, 5.74) is 0. The lowest BCUT2D eigenvalue weighted by molar-refractivity contribution is 0.168. The van der Waals surface area contributed by atoms with Gasteiger partial charge in [-0.3, -0.25) is 10.3 Å². The summed E-state index contributed by atoms with van der Waals surface area (Å²) in [5, 5.41) is 7.52. The van der Waals surface area contributed by atoms with Gasteiger partial charge in [-0.15, -0.1) is 0 Å². The van der Waals surface area contributed by atoms with Crippen molar-refractivity contribution in [3.63, 3.8) is 0 Å². The normalized spacial score (nSPS) is 19.0. The number of amidine groups is 1. The summed E-state index contributed by atoms with van der Waals surface area (Å²) < 4.78 is 0. The van der Waals surface area contributed by atoms with E-state index in [4.69, 9.17) is 5.41 Å². The van der Waals surface area contributed by atoms with Crippen LogP contribution in [0.2, 0.25) is 0 Å². The summed E-state index contributed by atoms with van der Waals surface area (Å²) in [6.07, 6.45) is 0. The number of rotatable bonds is 3. The van der Waals surface area contributed by atoms with E-state index in [1.54, 1.807) is 0 Å². The van der Waals surface area contributed by atoms with E-state index >= 15 is 0 Å². The summed E-state index contributed by atoms with van der Waals surface area (Å²) in [5.74, 6) is 0.706. The van der Waals surface area contributed by atoms with Crippen LogP contribution in [-0.2, 0) is 0 Å². The van der Waals surface area contributed by atoms with Gasteiger partial charge in [0, 0.05) is 39.3 Å². The van der Waals surface area contributed by atoms with Gasteiger partial charge in [-0.05, 0) is 21.0 Å². The van der Waals surface area contributed by atoms with Crippen LogP contribution < -0.4 is 0 Å². The maximum absolute atomic E-state index is 7.52. The van der Waals surface area contributed by atoms with E-state index in [1.165, 1.54) is 0 Å². The van der Waals surface area contributed by atoms with Gasteiger partial charge in [0.25, 0.3) is 0 Å². The molecule has 4 nitrogen and oxygen atoms in total. The predicted octanol–water partition coefficient (Wildman–Crippen LogP) is 0.163. The SMILES string of the molecule is CC(=N)N1CCN(CCN(C)C)CC1. The predicted molar refractivity (Wildman–Crippen MR) is 60.0 cm³/mol. The highest BCUT2D eigenvalue weighted by atomic mass is 15.3. The first kappa shape index (κ1) is 11.5. The van der Waals surface area contributed by atoms with Crippen LogP contribution >= 0.6 is 0 Å². The van der Waals surface area contributed by atoms with Crippen molar-refractivity contribution < 1.29 is 0 Å². The van der Waals surface area contributed by atoms with Crippen LogP contribution in [0.3, 0.4) is 0 Å². The summed E-state index contributed by atoms with van der Waals surface area (Å²) in [6.45, 7) is 8.39. The molecule has 14 heavy (non-hydrogen) atoms. The fourth-order valence-corrected chi connectivity index (χ4v) is 1.65. The third kappa shape index (κ3) is 3.64. The molecule has 1 heterocycles. The lowest BCUT2D eigenvalue weighted by Gasteiger charge is -2.35. The number of piperazine rings is 1. The molecule has 0 atom stereocenters. The topological polar surface area (TPSA) is 33.6 Å². The second-order valence-electron chi connectivity index (χ2n) is 4.22. The van der Waals surface area contributed by atoms with Gasteiger partial charge in [-0.25, -0.2) is 0 Å². The number of nitrogens with one attached hydrogen (secondary N) is 1. The third-order valence-electron chi connectivity index (χ3n) is 2.71. The second kappa shape index (κ2) is 5.32. The maximum Gasteiger partial charge on any atom is 0.0926 e. The Balaban J connectivity index is 2.19. The summed E-state index contributed by atoms with van der Waals surface area (Å²) in [4.78, 5) is 6.83.